The molecule has 0 heterocycles. The third-order valence-corrected chi connectivity index (χ3v) is 5.24. The van der Waals surface area contributed by atoms with Gasteiger partial charge in [-0.25, -0.2) is 17.5 Å². The Morgan fingerprint density at radius 3 is 2.58 bits per heavy atom. The van der Waals surface area contributed by atoms with Crippen LogP contribution < -0.4 is 9.46 Å². The SMILES string of the molecule is Cc1ccc(F)cc1S(=O)(=O)NCCOc1ccccc1C(C)C. The second-order valence-corrected chi connectivity index (χ2v) is 7.58. The van der Waals surface area contributed by atoms with Crippen molar-refractivity contribution in [3.8, 4) is 5.75 Å². The first-order valence-electron chi connectivity index (χ1n) is 7.79. The summed E-state index contributed by atoms with van der Waals surface area (Å²) in [7, 11) is -3.76. The van der Waals surface area contributed by atoms with Crippen molar-refractivity contribution in [3.05, 3.63) is 59.4 Å². The highest BCUT2D eigenvalue weighted by atomic mass is 32.2. The average molecular weight is 351 g/mol. The minimum Gasteiger partial charge on any atom is -0.492 e. The highest BCUT2D eigenvalue weighted by Gasteiger charge is 2.17. The van der Waals surface area contributed by atoms with Gasteiger partial charge in [0.05, 0.1) is 4.90 Å². The summed E-state index contributed by atoms with van der Waals surface area (Å²) >= 11 is 0. The van der Waals surface area contributed by atoms with Crippen molar-refractivity contribution in [2.75, 3.05) is 13.2 Å². The lowest BCUT2D eigenvalue weighted by Gasteiger charge is -2.14. The van der Waals surface area contributed by atoms with E-state index in [-0.39, 0.29) is 18.0 Å². The number of ether oxygens (including phenoxy) is 1. The molecule has 0 bridgehead atoms. The van der Waals surface area contributed by atoms with Crippen LogP contribution >= 0.6 is 0 Å². The van der Waals surface area contributed by atoms with Crippen LogP contribution in [0.2, 0.25) is 0 Å². The van der Waals surface area contributed by atoms with E-state index in [0.717, 1.165) is 17.4 Å². The van der Waals surface area contributed by atoms with Gasteiger partial charge in [-0.3, -0.25) is 0 Å². The number of sulfonamides is 1. The largest absolute Gasteiger partial charge is 0.492 e. The van der Waals surface area contributed by atoms with Gasteiger partial charge in [0.1, 0.15) is 18.2 Å². The van der Waals surface area contributed by atoms with E-state index in [2.05, 4.69) is 18.6 Å². The van der Waals surface area contributed by atoms with Gasteiger partial charge in [0.2, 0.25) is 10.0 Å². The highest BCUT2D eigenvalue weighted by Crippen LogP contribution is 2.25. The van der Waals surface area contributed by atoms with Gasteiger partial charge >= 0.3 is 0 Å². The fourth-order valence-electron chi connectivity index (χ4n) is 2.37. The lowest BCUT2D eigenvalue weighted by Crippen LogP contribution is -2.29. The number of nitrogens with one attached hydrogen (secondary N) is 1. The van der Waals surface area contributed by atoms with E-state index in [0.29, 0.717) is 11.5 Å². The van der Waals surface area contributed by atoms with Crippen molar-refractivity contribution in [1.29, 1.82) is 0 Å². The van der Waals surface area contributed by atoms with Crippen molar-refractivity contribution in [2.45, 2.75) is 31.6 Å². The topological polar surface area (TPSA) is 55.4 Å². The molecule has 0 saturated heterocycles. The molecule has 0 aliphatic rings. The Hall–Kier alpha value is -1.92. The number of hydrogen-bond donors (Lipinski definition) is 1. The van der Waals surface area contributed by atoms with Crippen LogP contribution in [0.5, 0.6) is 5.75 Å². The Bertz CT molecular complexity index is 804. The van der Waals surface area contributed by atoms with Gasteiger partial charge in [0.15, 0.2) is 0 Å². The van der Waals surface area contributed by atoms with Crippen molar-refractivity contribution in [2.24, 2.45) is 0 Å². The molecule has 0 amide bonds. The van der Waals surface area contributed by atoms with E-state index in [1.807, 2.05) is 24.3 Å². The quantitative estimate of drug-likeness (QED) is 0.775. The molecule has 2 aromatic rings. The van der Waals surface area contributed by atoms with E-state index in [1.54, 1.807) is 6.92 Å². The third kappa shape index (κ3) is 4.55. The number of aryl methyl sites for hydroxylation is 1. The molecule has 0 fully saturated rings. The van der Waals surface area contributed by atoms with Gasteiger partial charge in [0.25, 0.3) is 0 Å². The van der Waals surface area contributed by atoms with Crippen LogP contribution in [0.3, 0.4) is 0 Å². The second-order valence-electron chi connectivity index (χ2n) is 5.85. The molecular weight excluding hydrogens is 329 g/mol. The van der Waals surface area contributed by atoms with Crippen molar-refractivity contribution in [3.63, 3.8) is 0 Å². The van der Waals surface area contributed by atoms with Crippen LogP contribution in [0.1, 0.15) is 30.9 Å². The Balaban J connectivity index is 1.98. The van der Waals surface area contributed by atoms with Crippen molar-refractivity contribution < 1.29 is 17.5 Å². The van der Waals surface area contributed by atoms with E-state index in [9.17, 15) is 12.8 Å². The summed E-state index contributed by atoms with van der Waals surface area (Å²) in [4.78, 5) is -0.0509. The maximum Gasteiger partial charge on any atom is 0.241 e. The highest BCUT2D eigenvalue weighted by molar-refractivity contribution is 7.89. The van der Waals surface area contributed by atoms with Crippen molar-refractivity contribution in [1.82, 2.24) is 4.72 Å². The molecular formula is C18H22FNO3S. The van der Waals surface area contributed by atoms with E-state index < -0.39 is 15.8 Å². The van der Waals surface area contributed by atoms with E-state index in [1.165, 1.54) is 12.1 Å². The summed E-state index contributed by atoms with van der Waals surface area (Å²) in [6.45, 7) is 6.06. The van der Waals surface area contributed by atoms with Crippen LogP contribution in [-0.4, -0.2) is 21.6 Å². The summed E-state index contributed by atoms with van der Waals surface area (Å²) in [6.07, 6.45) is 0. The zero-order chi connectivity index (χ0) is 17.7. The number of halogens is 1. The number of para-hydroxylation sites is 1. The molecule has 2 rings (SSSR count). The number of rotatable bonds is 7. The first kappa shape index (κ1) is 18.4. The van der Waals surface area contributed by atoms with Crippen molar-refractivity contribution >= 4 is 10.0 Å². The fourth-order valence-corrected chi connectivity index (χ4v) is 3.63. The van der Waals surface area contributed by atoms with E-state index >= 15 is 0 Å². The monoisotopic (exact) mass is 351 g/mol. The second kappa shape index (κ2) is 7.77. The van der Waals surface area contributed by atoms with Crippen LogP contribution in [0, 0.1) is 12.7 Å². The van der Waals surface area contributed by atoms with Gasteiger partial charge < -0.3 is 4.74 Å². The lowest BCUT2D eigenvalue weighted by atomic mass is 10.0. The summed E-state index contributed by atoms with van der Waals surface area (Å²) in [5.41, 5.74) is 1.57. The third-order valence-electron chi connectivity index (χ3n) is 3.63. The fraction of sp³-hybridized carbons (Fsp3) is 0.333. The predicted molar refractivity (Wildman–Crippen MR) is 92.4 cm³/mol. The summed E-state index contributed by atoms with van der Waals surface area (Å²) < 4.78 is 45.9. The maximum absolute atomic E-state index is 13.3. The van der Waals surface area contributed by atoms with Crippen LogP contribution in [-0.2, 0) is 10.0 Å². The predicted octanol–water partition coefficient (Wildman–Crippen LogP) is 3.61. The summed E-state index contributed by atoms with van der Waals surface area (Å²) in [5, 5.41) is 0. The minimum absolute atomic E-state index is 0.0509. The smallest absolute Gasteiger partial charge is 0.241 e. The molecule has 0 atom stereocenters. The maximum atomic E-state index is 13.3. The molecule has 130 valence electrons. The first-order valence-corrected chi connectivity index (χ1v) is 9.27. The molecule has 0 unspecified atom stereocenters. The summed E-state index contributed by atoms with van der Waals surface area (Å²) in [6, 6.07) is 11.4. The van der Waals surface area contributed by atoms with Gasteiger partial charge in [-0.15, -0.1) is 0 Å². The molecule has 0 aliphatic carbocycles. The first-order chi connectivity index (χ1) is 11.3. The molecule has 0 spiro atoms. The van der Waals surface area contributed by atoms with Gasteiger partial charge in [-0.1, -0.05) is 38.1 Å². The molecule has 1 N–H and O–H groups in total. The van der Waals surface area contributed by atoms with Crippen LogP contribution in [0.25, 0.3) is 0 Å². The molecule has 0 aromatic heterocycles. The minimum atomic E-state index is -3.76. The van der Waals surface area contributed by atoms with Gasteiger partial charge in [-0.05, 0) is 42.2 Å². The zero-order valence-corrected chi connectivity index (χ0v) is 14.9. The Morgan fingerprint density at radius 1 is 1.17 bits per heavy atom. The standard InChI is InChI=1S/C18H22FNO3S/c1-13(2)16-6-4-5-7-17(16)23-11-10-20-24(21,22)18-12-15(19)9-8-14(18)3/h4-9,12-13,20H,10-11H2,1-3H3. The lowest BCUT2D eigenvalue weighted by molar-refractivity contribution is 0.318. The molecule has 0 aliphatic heterocycles. The summed E-state index contributed by atoms with van der Waals surface area (Å²) in [5.74, 6) is 0.476. The number of benzene rings is 2. The molecule has 4 nitrogen and oxygen atoms in total. The average Bonchev–Trinajstić information content (AvgIpc) is 2.54. The van der Waals surface area contributed by atoms with Gasteiger partial charge in [-0.2, -0.15) is 0 Å². The molecule has 2 aromatic carbocycles. The Kier molecular flexibility index (Phi) is 5.96. The normalized spacial score (nSPS) is 11.7. The molecule has 6 heteroatoms. The number of hydrogen-bond acceptors (Lipinski definition) is 3. The van der Waals surface area contributed by atoms with Gasteiger partial charge in [0, 0.05) is 6.54 Å². The molecule has 0 saturated carbocycles. The molecule has 24 heavy (non-hydrogen) atoms. The zero-order valence-electron chi connectivity index (χ0n) is 14.0. The van der Waals surface area contributed by atoms with Crippen LogP contribution in [0.15, 0.2) is 47.4 Å². The Morgan fingerprint density at radius 2 is 1.88 bits per heavy atom. The Labute approximate surface area is 142 Å². The van der Waals surface area contributed by atoms with Crippen LogP contribution in [0.4, 0.5) is 4.39 Å². The molecule has 0 radical (unpaired) electrons. The van der Waals surface area contributed by atoms with E-state index in [4.69, 9.17) is 4.74 Å².